The zero-order valence-corrected chi connectivity index (χ0v) is 11.3. The molecule has 0 aliphatic heterocycles. The molecular weight excluding hydrogens is 246 g/mol. The third-order valence-electron chi connectivity index (χ3n) is 3.54. The van der Waals surface area contributed by atoms with E-state index in [1.807, 2.05) is 12.1 Å². The number of nitriles is 1. The molecule has 0 fully saturated rings. The summed E-state index contributed by atoms with van der Waals surface area (Å²) in [6.07, 6.45) is 4.60. The third-order valence-corrected chi connectivity index (χ3v) is 5.64. The largest absolute Gasteiger partial charge is 0.222 e. The Morgan fingerprint density at radius 2 is 1.94 bits per heavy atom. The van der Waals surface area contributed by atoms with E-state index in [-0.39, 0.29) is 0 Å². The second-order valence-electron chi connectivity index (χ2n) is 4.71. The Bertz CT molecular complexity index is 584. The van der Waals surface area contributed by atoms with Gasteiger partial charge in [0.05, 0.1) is 11.0 Å². The summed E-state index contributed by atoms with van der Waals surface area (Å²) in [5.41, 5.74) is 2.39. The first kappa shape index (κ1) is 13.1. The summed E-state index contributed by atoms with van der Waals surface area (Å²) in [6, 6.07) is 7.21. The molecule has 96 valence electrons. The van der Waals surface area contributed by atoms with E-state index in [0.29, 0.717) is 11.3 Å². The summed E-state index contributed by atoms with van der Waals surface area (Å²) in [6.45, 7) is 1.73. The molecule has 0 saturated carbocycles. The second-order valence-corrected chi connectivity index (χ2v) is 6.84. The van der Waals surface area contributed by atoms with Crippen molar-refractivity contribution in [1.29, 1.82) is 5.26 Å². The molecule has 18 heavy (non-hydrogen) atoms. The van der Waals surface area contributed by atoms with Gasteiger partial charge in [0.15, 0.2) is 15.1 Å². The van der Waals surface area contributed by atoms with Gasteiger partial charge in [0.25, 0.3) is 0 Å². The molecule has 0 heterocycles. The molecule has 0 amide bonds. The predicted octanol–water partition coefficient (Wildman–Crippen LogP) is 2.64. The Kier molecular flexibility index (Phi) is 3.72. The maximum atomic E-state index is 12.3. The van der Waals surface area contributed by atoms with Crippen LogP contribution in [0.4, 0.5) is 0 Å². The highest BCUT2D eigenvalue weighted by molar-refractivity contribution is 7.92. The number of sulfone groups is 1. The van der Waals surface area contributed by atoms with Crippen molar-refractivity contribution in [3.8, 4) is 6.07 Å². The molecule has 0 bridgehead atoms. The molecule has 0 spiro atoms. The first-order valence-corrected chi connectivity index (χ1v) is 7.89. The van der Waals surface area contributed by atoms with Gasteiger partial charge in [-0.2, -0.15) is 5.26 Å². The average Bonchev–Trinajstić information content (AvgIpc) is 2.39. The maximum absolute atomic E-state index is 12.3. The monoisotopic (exact) mass is 263 g/mol. The first-order valence-electron chi connectivity index (χ1n) is 6.35. The van der Waals surface area contributed by atoms with E-state index in [2.05, 4.69) is 0 Å². The molecule has 1 aliphatic rings. The average molecular weight is 263 g/mol. The van der Waals surface area contributed by atoms with Gasteiger partial charge in [0.1, 0.15) is 0 Å². The van der Waals surface area contributed by atoms with Crippen molar-refractivity contribution in [2.75, 3.05) is 0 Å². The normalized spacial score (nSPS) is 16.7. The van der Waals surface area contributed by atoms with Crippen molar-refractivity contribution in [2.24, 2.45) is 0 Å². The molecule has 1 unspecified atom stereocenters. The number of hydrogen-bond acceptors (Lipinski definition) is 3. The maximum Gasteiger partial charge on any atom is 0.194 e. The molecule has 1 aromatic carbocycles. The second kappa shape index (κ2) is 5.11. The van der Waals surface area contributed by atoms with Gasteiger partial charge < -0.3 is 0 Å². The number of hydrogen-bond donors (Lipinski definition) is 0. The highest BCUT2D eigenvalue weighted by atomic mass is 32.2. The quantitative estimate of drug-likeness (QED) is 0.842. The van der Waals surface area contributed by atoms with Crippen molar-refractivity contribution < 1.29 is 8.42 Å². The minimum Gasteiger partial charge on any atom is -0.222 e. The molecule has 0 radical (unpaired) electrons. The molecule has 1 atom stereocenters. The van der Waals surface area contributed by atoms with Gasteiger partial charge in [0.2, 0.25) is 0 Å². The van der Waals surface area contributed by atoms with Gasteiger partial charge in [-0.05, 0) is 55.4 Å². The van der Waals surface area contributed by atoms with Crippen LogP contribution in [0.25, 0.3) is 0 Å². The van der Waals surface area contributed by atoms with Crippen LogP contribution in [-0.2, 0) is 22.7 Å². The Labute approximate surface area is 108 Å². The Morgan fingerprint density at radius 3 is 2.56 bits per heavy atom. The van der Waals surface area contributed by atoms with Gasteiger partial charge >= 0.3 is 0 Å². The summed E-state index contributed by atoms with van der Waals surface area (Å²) in [7, 11) is -3.50. The van der Waals surface area contributed by atoms with E-state index in [1.54, 1.807) is 19.1 Å². The van der Waals surface area contributed by atoms with Crippen LogP contribution in [0.5, 0.6) is 0 Å². The molecule has 1 aromatic rings. The molecule has 0 N–H and O–H groups in total. The van der Waals surface area contributed by atoms with Gasteiger partial charge in [-0.1, -0.05) is 13.0 Å². The van der Waals surface area contributed by atoms with Crippen LogP contribution in [0.1, 0.15) is 37.3 Å². The molecule has 0 saturated heterocycles. The zero-order valence-electron chi connectivity index (χ0n) is 10.5. The molecule has 1 aliphatic carbocycles. The molecule has 0 aromatic heterocycles. The van der Waals surface area contributed by atoms with Crippen LogP contribution in [0.15, 0.2) is 23.1 Å². The summed E-state index contributed by atoms with van der Waals surface area (Å²) in [5.74, 6) is 0. The zero-order chi connectivity index (χ0) is 13.2. The van der Waals surface area contributed by atoms with Crippen molar-refractivity contribution in [3.63, 3.8) is 0 Å². The topological polar surface area (TPSA) is 57.9 Å². The Balaban J connectivity index is 2.43. The van der Waals surface area contributed by atoms with Crippen molar-refractivity contribution >= 4 is 9.84 Å². The van der Waals surface area contributed by atoms with Crippen molar-refractivity contribution in [1.82, 2.24) is 0 Å². The highest BCUT2D eigenvalue weighted by Crippen LogP contribution is 2.26. The minimum atomic E-state index is -3.50. The van der Waals surface area contributed by atoms with E-state index in [0.717, 1.165) is 24.8 Å². The van der Waals surface area contributed by atoms with Crippen LogP contribution in [0.2, 0.25) is 0 Å². The molecular formula is C14H17NO2S. The fraction of sp³-hybridized carbons (Fsp3) is 0.500. The highest BCUT2D eigenvalue weighted by Gasteiger charge is 2.26. The van der Waals surface area contributed by atoms with Gasteiger partial charge in [-0.15, -0.1) is 0 Å². The molecule has 3 nitrogen and oxygen atoms in total. The molecule has 2 rings (SSSR count). The SMILES string of the molecule is CCC(C#N)S(=O)(=O)c1ccc2c(c1)CCCC2. The van der Waals surface area contributed by atoms with Crippen LogP contribution >= 0.6 is 0 Å². The van der Waals surface area contributed by atoms with E-state index in [9.17, 15) is 8.42 Å². The number of rotatable bonds is 3. The van der Waals surface area contributed by atoms with Crippen LogP contribution in [0.3, 0.4) is 0 Å². The lowest BCUT2D eigenvalue weighted by Gasteiger charge is -2.17. The summed E-state index contributed by atoms with van der Waals surface area (Å²) in [5, 5.41) is 8.00. The van der Waals surface area contributed by atoms with Gasteiger partial charge in [0, 0.05) is 0 Å². The Hall–Kier alpha value is -1.34. The number of nitrogens with zero attached hydrogens (tertiary/aromatic N) is 1. The van der Waals surface area contributed by atoms with E-state index >= 15 is 0 Å². The first-order chi connectivity index (χ1) is 8.59. The lowest BCUT2D eigenvalue weighted by atomic mass is 9.92. The predicted molar refractivity (Wildman–Crippen MR) is 70.0 cm³/mol. The van der Waals surface area contributed by atoms with Gasteiger partial charge in [-0.3, -0.25) is 0 Å². The minimum absolute atomic E-state index is 0.302. The number of aryl methyl sites for hydroxylation is 2. The summed E-state index contributed by atoms with van der Waals surface area (Å²) >= 11 is 0. The van der Waals surface area contributed by atoms with Crippen molar-refractivity contribution in [3.05, 3.63) is 29.3 Å². The van der Waals surface area contributed by atoms with Gasteiger partial charge in [-0.25, -0.2) is 8.42 Å². The third kappa shape index (κ3) is 2.28. The Morgan fingerprint density at radius 1 is 1.28 bits per heavy atom. The van der Waals surface area contributed by atoms with Crippen LogP contribution in [0, 0.1) is 11.3 Å². The van der Waals surface area contributed by atoms with Crippen molar-refractivity contribution in [2.45, 2.75) is 49.2 Å². The number of benzene rings is 1. The summed E-state index contributed by atoms with van der Waals surface area (Å²) in [4.78, 5) is 0.302. The van der Waals surface area contributed by atoms with E-state index in [1.165, 1.54) is 12.0 Å². The standard InChI is InChI=1S/C14H17NO2S/c1-2-13(10-15)18(16,17)14-8-7-11-5-3-4-6-12(11)9-14/h7-9,13H,2-6H2,1H3. The molecule has 4 heteroatoms. The van der Waals surface area contributed by atoms with E-state index in [4.69, 9.17) is 5.26 Å². The smallest absolute Gasteiger partial charge is 0.194 e. The van der Waals surface area contributed by atoms with E-state index < -0.39 is 15.1 Å². The number of fused-ring (bicyclic) bond motifs is 1. The fourth-order valence-electron chi connectivity index (χ4n) is 2.43. The lowest BCUT2D eigenvalue weighted by molar-refractivity contribution is 0.586. The van der Waals surface area contributed by atoms with Crippen LogP contribution < -0.4 is 0 Å². The summed E-state index contributed by atoms with van der Waals surface area (Å²) < 4.78 is 24.5. The fourth-order valence-corrected chi connectivity index (χ4v) is 3.90. The van der Waals surface area contributed by atoms with Crippen LogP contribution in [-0.4, -0.2) is 13.7 Å². The lowest BCUT2D eigenvalue weighted by Crippen LogP contribution is -2.19.